The summed E-state index contributed by atoms with van der Waals surface area (Å²) in [7, 11) is 0. The molecule has 0 saturated carbocycles. The summed E-state index contributed by atoms with van der Waals surface area (Å²) in [5, 5.41) is 14.1. The van der Waals surface area contributed by atoms with Crippen LogP contribution in [0.15, 0.2) is 48.7 Å². The predicted molar refractivity (Wildman–Crippen MR) is 95.5 cm³/mol. The van der Waals surface area contributed by atoms with E-state index in [0.717, 1.165) is 6.07 Å². The third-order valence-corrected chi connectivity index (χ3v) is 4.25. The van der Waals surface area contributed by atoms with Gasteiger partial charge >= 0.3 is 0 Å². The van der Waals surface area contributed by atoms with Crippen LogP contribution in [0.25, 0.3) is 10.9 Å². The minimum atomic E-state index is -1.03. The van der Waals surface area contributed by atoms with Gasteiger partial charge in [-0.15, -0.1) is 0 Å². The summed E-state index contributed by atoms with van der Waals surface area (Å²) in [6, 6.07) is 10.4. The Morgan fingerprint density at radius 2 is 2.04 bits per heavy atom. The molecule has 4 nitrogen and oxygen atoms in total. The highest BCUT2D eigenvalue weighted by molar-refractivity contribution is 6.35. The first kappa shape index (κ1) is 17.6. The Morgan fingerprint density at radius 1 is 1.24 bits per heavy atom. The van der Waals surface area contributed by atoms with Crippen LogP contribution >= 0.6 is 23.2 Å². The average Bonchev–Trinajstić information content (AvgIpc) is 2.58. The molecule has 0 radical (unpaired) electrons. The third-order valence-electron chi connectivity index (χ3n) is 3.69. The van der Waals surface area contributed by atoms with Crippen molar-refractivity contribution in [2.24, 2.45) is 0 Å². The number of nitrogens with zero attached hydrogens (tertiary/aromatic N) is 1. The number of nitrogens with one attached hydrogen (secondary N) is 1. The number of hydrogen-bond donors (Lipinski definition) is 2. The zero-order valence-corrected chi connectivity index (χ0v) is 14.4. The number of carbonyl (C=O) groups is 1. The van der Waals surface area contributed by atoms with Crippen molar-refractivity contribution in [2.45, 2.75) is 6.10 Å². The summed E-state index contributed by atoms with van der Waals surface area (Å²) in [6.07, 6.45) is 0.501. The zero-order chi connectivity index (χ0) is 18.0. The van der Waals surface area contributed by atoms with Gasteiger partial charge in [0.05, 0.1) is 17.2 Å². The van der Waals surface area contributed by atoms with E-state index in [0.29, 0.717) is 26.5 Å². The lowest BCUT2D eigenvalue weighted by Gasteiger charge is -2.14. The van der Waals surface area contributed by atoms with Crippen molar-refractivity contribution >= 4 is 40.0 Å². The van der Waals surface area contributed by atoms with Crippen molar-refractivity contribution in [3.8, 4) is 0 Å². The first-order valence-corrected chi connectivity index (χ1v) is 8.17. The molecule has 0 fully saturated rings. The van der Waals surface area contributed by atoms with Crippen LogP contribution in [0.2, 0.25) is 10.0 Å². The van der Waals surface area contributed by atoms with Crippen LogP contribution in [0.4, 0.5) is 4.39 Å². The highest BCUT2D eigenvalue weighted by atomic mass is 35.5. The topological polar surface area (TPSA) is 62.2 Å². The van der Waals surface area contributed by atoms with Crippen molar-refractivity contribution in [2.75, 3.05) is 6.54 Å². The molecule has 1 atom stereocenters. The lowest BCUT2D eigenvalue weighted by molar-refractivity contribution is 0.0917. The van der Waals surface area contributed by atoms with E-state index in [1.165, 1.54) is 18.3 Å². The molecule has 0 unspecified atom stereocenters. The summed E-state index contributed by atoms with van der Waals surface area (Å²) >= 11 is 11.9. The third kappa shape index (κ3) is 3.90. The van der Waals surface area contributed by atoms with Crippen LogP contribution in [-0.4, -0.2) is 22.5 Å². The average molecular weight is 379 g/mol. The van der Waals surface area contributed by atoms with E-state index in [9.17, 15) is 14.3 Å². The highest BCUT2D eigenvalue weighted by Crippen LogP contribution is 2.26. The molecule has 1 aromatic heterocycles. The number of halogens is 3. The molecule has 0 aliphatic carbocycles. The van der Waals surface area contributed by atoms with Crippen LogP contribution in [0.1, 0.15) is 22.0 Å². The molecule has 25 heavy (non-hydrogen) atoms. The summed E-state index contributed by atoms with van der Waals surface area (Å²) in [5.74, 6) is -1.07. The molecule has 3 rings (SSSR count). The Kier molecular flexibility index (Phi) is 5.18. The summed E-state index contributed by atoms with van der Waals surface area (Å²) in [4.78, 5) is 16.5. The molecule has 2 N–H and O–H groups in total. The fraction of sp³-hybridized carbons (Fsp3) is 0.111. The molecular weight excluding hydrogens is 366 g/mol. The number of aromatic nitrogens is 1. The molecule has 0 spiro atoms. The van der Waals surface area contributed by atoms with Gasteiger partial charge in [0, 0.05) is 33.7 Å². The number of aliphatic hydroxyl groups is 1. The minimum Gasteiger partial charge on any atom is -0.387 e. The SMILES string of the molecule is O=C(NC[C@H](O)c1ccc(Cl)cc1Cl)c1cc(F)cc2cccnc12. The molecule has 1 amide bonds. The molecule has 0 bridgehead atoms. The monoisotopic (exact) mass is 378 g/mol. The molecular formula is C18H13Cl2FN2O2. The Morgan fingerprint density at radius 3 is 2.80 bits per heavy atom. The second-order valence-electron chi connectivity index (χ2n) is 5.42. The van der Waals surface area contributed by atoms with Gasteiger partial charge in [-0.3, -0.25) is 9.78 Å². The number of hydrogen-bond acceptors (Lipinski definition) is 3. The van der Waals surface area contributed by atoms with Crippen LogP contribution in [-0.2, 0) is 0 Å². The zero-order valence-electron chi connectivity index (χ0n) is 12.8. The predicted octanol–water partition coefficient (Wildman–Crippen LogP) is 4.14. The van der Waals surface area contributed by atoms with E-state index in [4.69, 9.17) is 23.2 Å². The van der Waals surface area contributed by atoms with E-state index >= 15 is 0 Å². The van der Waals surface area contributed by atoms with Crippen molar-refractivity contribution in [1.29, 1.82) is 0 Å². The van der Waals surface area contributed by atoms with Crippen LogP contribution < -0.4 is 5.32 Å². The second-order valence-corrected chi connectivity index (χ2v) is 6.26. The Labute approximate surface area is 153 Å². The lowest BCUT2D eigenvalue weighted by Crippen LogP contribution is -2.28. The maximum Gasteiger partial charge on any atom is 0.253 e. The van der Waals surface area contributed by atoms with E-state index in [2.05, 4.69) is 10.3 Å². The maximum absolute atomic E-state index is 13.7. The van der Waals surface area contributed by atoms with Gasteiger partial charge in [-0.25, -0.2) is 4.39 Å². The molecule has 128 valence electrons. The van der Waals surface area contributed by atoms with Crippen molar-refractivity contribution in [3.05, 3.63) is 75.7 Å². The smallest absolute Gasteiger partial charge is 0.253 e. The fourth-order valence-corrected chi connectivity index (χ4v) is 3.03. The number of benzene rings is 2. The largest absolute Gasteiger partial charge is 0.387 e. The normalized spacial score (nSPS) is 12.2. The molecule has 1 heterocycles. The molecule has 7 heteroatoms. The van der Waals surface area contributed by atoms with Crippen molar-refractivity contribution < 1.29 is 14.3 Å². The molecule has 2 aromatic carbocycles. The lowest BCUT2D eigenvalue weighted by atomic mass is 10.1. The first-order valence-electron chi connectivity index (χ1n) is 7.41. The van der Waals surface area contributed by atoms with Gasteiger partial charge in [-0.05, 0) is 30.3 Å². The van der Waals surface area contributed by atoms with Crippen molar-refractivity contribution in [1.82, 2.24) is 10.3 Å². The quantitative estimate of drug-likeness (QED) is 0.716. The van der Waals surface area contributed by atoms with Crippen LogP contribution in [0, 0.1) is 5.82 Å². The Balaban J connectivity index is 1.79. The first-order chi connectivity index (χ1) is 12.0. The van der Waals surface area contributed by atoms with E-state index in [1.807, 2.05) is 0 Å². The van der Waals surface area contributed by atoms with Gasteiger partial charge in [0.15, 0.2) is 0 Å². The molecule has 3 aromatic rings. The van der Waals surface area contributed by atoms with Gasteiger partial charge in [0.2, 0.25) is 0 Å². The number of pyridine rings is 1. The Bertz CT molecular complexity index is 950. The molecule has 0 aliphatic heterocycles. The number of aliphatic hydroxyl groups excluding tert-OH is 1. The van der Waals surface area contributed by atoms with Crippen LogP contribution in [0.5, 0.6) is 0 Å². The highest BCUT2D eigenvalue weighted by Gasteiger charge is 2.17. The number of fused-ring (bicyclic) bond motifs is 1. The van der Waals surface area contributed by atoms with E-state index in [-0.39, 0.29) is 12.1 Å². The van der Waals surface area contributed by atoms with Gasteiger partial charge in [-0.1, -0.05) is 35.3 Å². The molecule has 0 saturated heterocycles. The van der Waals surface area contributed by atoms with Gasteiger partial charge in [-0.2, -0.15) is 0 Å². The van der Waals surface area contributed by atoms with Gasteiger partial charge < -0.3 is 10.4 Å². The second kappa shape index (κ2) is 7.35. The van der Waals surface area contributed by atoms with Gasteiger partial charge in [0.25, 0.3) is 5.91 Å². The van der Waals surface area contributed by atoms with E-state index < -0.39 is 17.8 Å². The molecule has 0 aliphatic rings. The van der Waals surface area contributed by atoms with E-state index in [1.54, 1.807) is 24.3 Å². The summed E-state index contributed by atoms with van der Waals surface area (Å²) in [6.45, 7) is -0.0922. The number of rotatable bonds is 4. The summed E-state index contributed by atoms with van der Waals surface area (Å²) < 4.78 is 13.7. The minimum absolute atomic E-state index is 0.0922. The summed E-state index contributed by atoms with van der Waals surface area (Å²) in [5.41, 5.74) is 0.930. The Hall–Kier alpha value is -2.21. The maximum atomic E-state index is 13.7. The van der Waals surface area contributed by atoms with Gasteiger partial charge in [0.1, 0.15) is 5.82 Å². The standard InChI is InChI=1S/C18H13Cl2FN2O2/c19-11-3-4-13(15(20)7-11)16(24)9-23-18(25)14-8-12(21)6-10-2-1-5-22-17(10)14/h1-8,16,24H,9H2,(H,23,25)/t16-/m0/s1. The number of amides is 1. The van der Waals surface area contributed by atoms with Crippen molar-refractivity contribution in [3.63, 3.8) is 0 Å². The number of carbonyl (C=O) groups excluding carboxylic acids is 1. The van der Waals surface area contributed by atoms with Crippen LogP contribution in [0.3, 0.4) is 0 Å². The fourth-order valence-electron chi connectivity index (χ4n) is 2.50.